The van der Waals surface area contributed by atoms with Gasteiger partial charge in [0.05, 0.1) is 5.75 Å². The van der Waals surface area contributed by atoms with Crippen LogP contribution in [0.4, 0.5) is 0 Å². The molecule has 0 aliphatic carbocycles. The summed E-state index contributed by atoms with van der Waals surface area (Å²) in [4.78, 5) is 0. The van der Waals surface area contributed by atoms with Crippen LogP contribution in [0, 0.1) is 0 Å². The third-order valence-electron chi connectivity index (χ3n) is 2.26. The van der Waals surface area contributed by atoms with Gasteiger partial charge < -0.3 is 5.11 Å². The van der Waals surface area contributed by atoms with Gasteiger partial charge in [-0.2, -0.15) is 0 Å². The number of rotatable bonds is 7. The first-order chi connectivity index (χ1) is 8.05. The fraction of sp³-hybridized carbons (Fsp3) is 0.455. The van der Waals surface area contributed by atoms with Crippen molar-refractivity contribution < 1.29 is 13.5 Å². The molecule has 0 heterocycles. The number of nitrogens with one attached hydrogen (secondary N) is 1. The van der Waals surface area contributed by atoms with Gasteiger partial charge in [-0.3, -0.25) is 0 Å². The number of aliphatic hydroxyl groups excluding tert-OH is 1. The first kappa shape index (κ1) is 14.4. The van der Waals surface area contributed by atoms with E-state index in [1.165, 1.54) is 0 Å². The van der Waals surface area contributed by atoms with Crippen molar-refractivity contribution in [1.29, 1.82) is 0 Å². The topological polar surface area (TPSA) is 66.4 Å². The number of benzene rings is 1. The van der Waals surface area contributed by atoms with E-state index in [2.05, 4.69) is 4.72 Å². The van der Waals surface area contributed by atoms with E-state index in [-0.39, 0.29) is 18.9 Å². The number of hydrogen-bond acceptors (Lipinski definition) is 3. The van der Waals surface area contributed by atoms with Crippen LogP contribution in [0.15, 0.2) is 24.3 Å². The molecule has 0 amide bonds. The fourth-order valence-corrected chi connectivity index (χ4v) is 2.61. The van der Waals surface area contributed by atoms with E-state index < -0.39 is 10.0 Å². The monoisotopic (exact) mass is 277 g/mol. The van der Waals surface area contributed by atoms with Crippen LogP contribution in [0.5, 0.6) is 0 Å². The molecule has 1 aromatic carbocycles. The molecule has 0 bridgehead atoms. The minimum atomic E-state index is -3.29. The molecule has 1 rings (SSSR count). The predicted octanol–water partition coefficient (Wildman–Crippen LogP) is 1.53. The zero-order valence-electron chi connectivity index (χ0n) is 9.39. The predicted molar refractivity (Wildman–Crippen MR) is 68.4 cm³/mol. The zero-order valence-corrected chi connectivity index (χ0v) is 11.0. The first-order valence-electron chi connectivity index (χ1n) is 5.37. The summed E-state index contributed by atoms with van der Waals surface area (Å²) in [7, 11) is -3.29. The summed E-state index contributed by atoms with van der Waals surface area (Å²) in [6, 6.07) is 7.10. The maximum absolute atomic E-state index is 11.6. The van der Waals surface area contributed by atoms with Gasteiger partial charge in [0, 0.05) is 18.2 Å². The van der Waals surface area contributed by atoms with E-state index in [1.54, 1.807) is 24.3 Å². The highest BCUT2D eigenvalue weighted by Crippen LogP contribution is 2.14. The van der Waals surface area contributed by atoms with Gasteiger partial charge in [0.1, 0.15) is 0 Å². The van der Waals surface area contributed by atoms with Gasteiger partial charge in [-0.05, 0) is 24.5 Å². The van der Waals surface area contributed by atoms with Crippen molar-refractivity contribution in [3.63, 3.8) is 0 Å². The van der Waals surface area contributed by atoms with Gasteiger partial charge in [0.25, 0.3) is 0 Å². The maximum Gasteiger partial charge on any atom is 0.211 e. The van der Waals surface area contributed by atoms with Crippen molar-refractivity contribution in [2.24, 2.45) is 0 Å². The molecule has 0 saturated carbocycles. The molecular weight excluding hydrogens is 262 g/mol. The van der Waals surface area contributed by atoms with Crippen LogP contribution in [0.25, 0.3) is 0 Å². The van der Waals surface area contributed by atoms with Gasteiger partial charge >= 0.3 is 0 Å². The lowest BCUT2D eigenvalue weighted by Gasteiger charge is -2.07. The van der Waals surface area contributed by atoms with E-state index in [0.29, 0.717) is 17.9 Å². The fourth-order valence-electron chi connectivity index (χ4n) is 1.31. The van der Waals surface area contributed by atoms with Gasteiger partial charge in [-0.15, -0.1) is 0 Å². The highest BCUT2D eigenvalue weighted by Gasteiger charge is 2.10. The summed E-state index contributed by atoms with van der Waals surface area (Å²) in [6.07, 6.45) is 0.946. The molecule has 0 spiro atoms. The van der Waals surface area contributed by atoms with Crippen LogP contribution in [0.2, 0.25) is 5.02 Å². The molecule has 0 aliphatic rings. The highest BCUT2D eigenvalue weighted by atomic mass is 35.5. The van der Waals surface area contributed by atoms with Crippen LogP contribution in [0.1, 0.15) is 18.4 Å². The first-order valence-corrected chi connectivity index (χ1v) is 7.40. The van der Waals surface area contributed by atoms with Gasteiger partial charge in [-0.25, -0.2) is 13.1 Å². The Balaban J connectivity index is 2.47. The lowest BCUT2D eigenvalue weighted by atomic mass is 10.2. The molecule has 0 atom stereocenters. The van der Waals surface area contributed by atoms with Crippen LogP contribution >= 0.6 is 11.6 Å². The normalized spacial score (nSPS) is 11.6. The number of hydrogen-bond donors (Lipinski definition) is 2. The minimum Gasteiger partial charge on any atom is -0.396 e. The Kier molecular flexibility index (Phi) is 5.91. The lowest BCUT2D eigenvalue weighted by Crippen LogP contribution is -2.26. The van der Waals surface area contributed by atoms with Crippen LogP contribution in [-0.2, 0) is 16.6 Å². The van der Waals surface area contributed by atoms with Crippen LogP contribution in [-0.4, -0.2) is 25.9 Å². The minimum absolute atomic E-state index is 0.0139. The van der Waals surface area contributed by atoms with Crippen molar-refractivity contribution in [2.75, 3.05) is 12.4 Å². The molecular formula is C11H16ClNO3S. The van der Waals surface area contributed by atoms with Crippen LogP contribution in [0.3, 0.4) is 0 Å². The Labute approximate surface area is 107 Å². The summed E-state index contributed by atoms with van der Waals surface area (Å²) in [5, 5.41) is 9.12. The SMILES string of the molecule is O=S(=O)(CCCCO)NCc1ccccc1Cl. The molecule has 6 heteroatoms. The summed E-state index contributed by atoms with van der Waals surface area (Å²) in [5.74, 6) is 0.0258. The Morgan fingerprint density at radius 3 is 2.59 bits per heavy atom. The number of aliphatic hydroxyl groups is 1. The van der Waals surface area contributed by atoms with Crippen LogP contribution < -0.4 is 4.72 Å². The van der Waals surface area contributed by atoms with E-state index >= 15 is 0 Å². The molecule has 0 radical (unpaired) electrons. The quantitative estimate of drug-likeness (QED) is 0.743. The Hall–Kier alpha value is -0.620. The molecule has 0 saturated heterocycles. The van der Waals surface area contributed by atoms with E-state index in [0.717, 1.165) is 5.56 Å². The Bertz CT molecular complexity index is 448. The van der Waals surface area contributed by atoms with Crippen molar-refractivity contribution >= 4 is 21.6 Å². The van der Waals surface area contributed by atoms with Gasteiger partial charge in [0.15, 0.2) is 0 Å². The second-order valence-electron chi connectivity index (χ2n) is 3.66. The highest BCUT2D eigenvalue weighted by molar-refractivity contribution is 7.89. The molecule has 1 aromatic rings. The van der Waals surface area contributed by atoms with Crippen molar-refractivity contribution in [3.05, 3.63) is 34.9 Å². The van der Waals surface area contributed by atoms with Gasteiger partial charge in [-0.1, -0.05) is 29.8 Å². The molecule has 0 unspecified atom stereocenters. The number of halogens is 1. The molecule has 17 heavy (non-hydrogen) atoms. The molecule has 96 valence electrons. The van der Waals surface area contributed by atoms with Gasteiger partial charge in [0.2, 0.25) is 10.0 Å². The second kappa shape index (κ2) is 6.96. The Morgan fingerprint density at radius 1 is 1.24 bits per heavy atom. The molecule has 0 aliphatic heterocycles. The third-order valence-corrected chi connectivity index (χ3v) is 4.04. The summed E-state index contributed by atoms with van der Waals surface area (Å²) in [5.41, 5.74) is 0.750. The zero-order chi connectivity index (χ0) is 12.7. The average molecular weight is 278 g/mol. The molecule has 0 fully saturated rings. The van der Waals surface area contributed by atoms with E-state index in [1.807, 2.05) is 0 Å². The Morgan fingerprint density at radius 2 is 1.94 bits per heavy atom. The average Bonchev–Trinajstić information content (AvgIpc) is 2.28. The summed E-state index contributed by atoms with van der Waals surface area (Å²) >= 11 is 5.91. The molecule has 0 aromatic heterocycles. The lowest BCUT2D eigenvalue weighted by molar-refractivity contribution is 0.287. The largest absolute Gasteiger partial charge is 0.396 e. The van der Waals surface area contributed by atoms with Crippen molar-refractivity contribution in [1.82, 2.24) is 4.72 Å². The smallest absolute Gasteiger partial charge is 0.211 e. The number of unbranched alkanes of at least 4 members (excludes halogenated alkanes) is 1. The summed E-state index contributed by atoms with van der Waals surface area (Å²) in [6.45, 7) is 0.209. The molecule has 2 N–H and O–H groups in total. The third kappa shape index (κ3) is 5.50. The standard InChI is InChI=1S/C11H16ClNO3S/c12-11-6-2-1-5-10(11)9-13-17(15,16)8-4-3-7-14/h1-2,5-6,13-14H,3-4,7-9H2. The maximum atomic E-state index is 11.6. The van der Waals surface area contributed by atoms with Crippen molar-refractivity contribution in [3.8, 4) is 0 Å². The number of sulfonamides is 1. The second-order valence-corrected chi connectivity index (χ2v) is 6.00. The molecule has 4 nitrogen and oxygen atoms in total. The van der Waals surface area contributed by atoms with E-state index in [9.17, 15) is 8.42 Å². The summed E-state index contributed by atoms with van der Waals surface area (Å²) < 4.78 is 25.6. The van der Waals surface area contributed by atoms with Crippen molar-refractivity contribution in [2.45, 2.75) is 19.4 Å². The van der Waals surface area contributed by atoms with E-state index in [4.69, 9.17) is 16.7 Å².